The zero-order valence-corrected chi connectivity index (χ0v) is 12.2. The summed E-state index contributed by atoms with van der Waals surface area (Å²) in [6.45, 7) is 4.60. The molecule has 0 bridgehead atoms. The first-order valence-corrected chi connectivity index (χ1v) is 6.79. The van der Waals surface area contributed by atoms with Crippen LogP contribution in [0.15, 0.2) is 42.5 Å². The zero-order chi connectivity index (χ0) is 14.7. The van der Waals surface area contributed by atoms with Crippen LogP contribution in [0.5, 0.6) is 0 Å². The molecule has 0 fully saturated rings. The van der Waals surface area contributed by atoms with Gasteiger partial charge in [0.2, 0.25) is 0 Å². The minimum absolute atomic E-state index is 0.242. The summed E-state index contributed by atoms with van der Waals surface area (Å²) in [4.78, 5) is 2.04. The number of halogens is 1. The van der Waals surface area contributed by atoms with E-state index in [0.29, 0.717) is 5.56 Å². The SMILES string of the molecule is Cc1cccc(CN(C)c2cccc(F)c2[C@H](C)N)c1. The number of anilines is 1. The number of nitrogens with zero attached hydrogens (tertiary/aromatic N) is 1. The average Bonchev–Trinajstić information content (AvgIpc) is 2.37. The van der Waals surface area contributed by atoms with Gasteiger partial charge in [-0.3, -0.25) is 0 Å². The molecule has 2 nitrogen and oxygen atoms in total. The van der Waals surface area contributed by atoms with E-state index in [9.17, 15) is 4.39 Å². The summed E-state index contributed by atoms with van der Waals surface area (Å²) >= 11 is 0. The summed E-state index contributed by atoms with van der Waals surface area (Å²) < 4.78 is 14.0. The van der Waals surface area contributed by atoms with Crippen LogP contribution in [0, 0.1) is 12.7 Å². The third-order valence-corrected chi connectivity index (χ3v) is 3.40. The Balaban J connectivity index is 2.30. The lowest BCUT2D eigenvalue weighted by molar-refractivity contribution is 0.592. The fraction of sp³-hybridized carbons (Fsp3) is 0.294. The molecule has 0 spiro atoms. The molecule has 0 amide bonds. The first-order valence-electron chi connectivity index (χ1n) is 6.79. The second-order valence-electron chi connectivity index (χ2n) is 5.31. The number of aryl methyl sites for hydroxylation is 1. The quantitative estimate of drug-likeness (QED) is 0.917. The van der Waals surface area contributed by atoms with E-state index in [-0.39, 0.29) is 11.9 Å². The fourth-order valence-electron chi connectivity index (χ4n) is 2.48. The summed E-state index contributed by atoms with van der Waals surface area (Å²) in [7, 11) is 1.96. The predicted octanol–water partition coefficient (Wildman–Crippen LogP) is 3.79. The van der Waals surface area contributed by atoms with Crippen molar-refractivity contribution in [2.75, 3.05) is 11.9 Å². The van der Waals surface area contributed by atoms with Gasteiger partial charge in [0.15, 0.2) is 0 Å². The molecule has 1 atom stereocenters. The molecular formula is C17H21FN2. The van der Waals surface area contributed by atoms with Crippen LogP contribution in [0.2, 0.25) is 0 Å². The van der Waals surface area contributed by atoms with Crippen LogP contribution >= 0.6 is 0 Å². The van der Waals surface area contributed by atoms with Gasteiger partial charge >= 0.3 is 0 Å². The van der Waals surface area contributed by atoms with Crippen LogP contribution in [-0.2, 0) is 6.54 Å². The molecule has 0 saturated heterocycles. The molecule has 2 aromatic rings. The van der Waals surface area contributed by atoms with Gasteiger partial charge < -0.3 is 10.6 Å². The molecule has 0 saturated carbocycles. The molecule has 2 aromatic carbocycles. The lowest BCUT2D eigenvalue weighted by Gasteiger charge is -2.24. The third kappa shape index (κ3) is 3.17. The normalized spacial score (nSPS) is 12.2. The lowest BCUT2D eigenvalue weighted by Crippen LogP contribution is -2.21. The molecule has 0 heterocycles. The van der Waals surface area contributed by atoms with E-state index in [0.717, 1.165) is 12.2 Å². The standard InChI is InChI=1S/C17H21FN2/c1-12-6-4-7-14(10-12)11-20(3)16-9-5-8-15(18)17(16)13(2)19/h4-10,13H,11,19H2,1-3H3/t13-/m0/s1. The maximum absolute atomic E-state index is 14.0. The summed E-state index contributed by atoms with van der Waals surface area (Å²) in [5.41, 5.74) is 9.75. The second-order valence-corrected chi connectivity index (χ2v) is 5.31. The van der Waals surface area contributed by atoms with Crippen LogP contribution in [0.1, 0.15) is 29.7 Å². The van der Waals surface area contributed by atoms with Crippen molar-refractivity contribution in [1.82, 2.24) is 0 Å². The number of benzene rings is 2. The first-order chi connectivity index (χ1) is 9.49. The van der Waals surface area contributed by atoms with Gasteiger partial charge in [-0.05, 0) is 31.5 Å². The molecule has 0 aliphatic rings. The molecule has 3 heteroatoms. The van der Waals surface area contributed by atoms with Crippen molar-refractivity contribution < 1.29 is 4.39 Å². The molecular weight excluding hydrogens is 251 g/mol. The Hall–Kier alpha value is -1.87. The predicted molar refractivity (Wildman–Crippen MR) is 82.3 cm³/mol. The Kier molecular flexibility index (Phi) is 4.40. The minimum atomic E-state index is -0.328. The van der Waals surface area contributed by atoms with Crippen LogP contribution < -0.4 is 10.6 Å². The largest absolute Gasteiger partial charge is 0.370 e. The van der Waals surface area contributed by atoms with Crippen LogP contribution in [-0.4, -0.2) is 7.05 Å². The minimum Gasteiger partial charge on any atom is -0.370 e. The smallest absolute Gasteiger partial charge is 0.130 e. The van der Waals surface area contributed by atoms with Gasteiger partial charge in [-0.15, -0.1) is 0 Å². The number of hydrogen-bond donors (Lipinski definition) is 1. The fourth-order valence-corrected chi connectivity index (χ4v) is 2.48. The Bertz CT molecular complexity index is 593. The molecule has 0 aliphatic heterocycles. The summed E-state index contributed by atoms with van der Waals surface area (Å²) in [6, 6.07) is 13.1. The summed E-state index contributed by atoms with van der Waals surface area (Å²) in [6.07, 6.45) is 0. The number of nitrogens with two attached hydrogens (primary N) is 1. The Labute approximate surface area is 120 Å². The monoisotopic (exact) mass is 272 g/mol. The van der Waals surface area contributed by atoms with E-state index in [1.807, 2.05) is 31.0 Å². The highest BCUT2D eigenvalue weighted by Gasteiger charge is 2.15. The van der Waals surface area contributed by atoms with Gasteiger partial charge in [0, 0.05) is 30.9 Å². The van der Waals surface area contributed by atoms with E-state index in [1.54, 1.807) is 6.07 Å². The number of rotatable bonds is 4. The molecule has 20 heavy (non-hydrogen) atoms. The Morgan fingerprint density at radius 2 is 1.90 bits per heavy atom. The van der Waals surface area contributed by atoms with Crippen molar-refractivity contribution in [1.29, 1.82) is 0 Å². The molecule has 2 N–H and O–H groups in total. The highest BCUT2D eigenvalue weighted by Crippen LogP contribution is 2.28. The first kappa shape index (κ1) is 14.5. The maximum atomic E-state index is 14.0. The molecule has 0 aromatic heterocycles. The van der Waals surface area contributed by atoms with Gasteiger partial charge in [0.1, 0.15) is 5.82 Å². The van der Waals surface area contributed by atoms with Crippen molar-refractivity contribution in [2.24, 2.45) is 5.73 Å². The molecule has 106 valence electrons. The molecule has 0 aliphatic carbocycles. The van der Waals surface area contributed by atoms with E-state index in [2.05, 4.69) is 25.1 Å². The number of hydrogen-bond acceptors (Lipinski definition) is 2. The summed E-state index contributed by atoms with van der Waals surface area (Å²) in [5.74, 6) is -0.242. The van der Waals surface area contributed by atoms with Gasteiger partial charge in [-0.1, -0.05) is 35.9 Å². The van der Waals surface area contributed by atoms with Crippen LogP contribution in [0.25, 0.3) is 0 Å². The van der Waals surface area contributed by atoms with Crippen LogP contribution in [0.3, 0.4) is 0 Å². The van der Waals surface area contributed by atoms with Crippen molar-refractivity contribution >= 4 is 5.69 Å². The van der Waals surface area contributed by atoms with Gasteiger partial charge in [0.25, 0.3) is 0 Å². The van der Waals surface area contributed by atoms with Gasteiger partial charge in [-0.2, -0.15) is 0 Å². The Morgan fingerprint density at radius 1 is 1.20 bits per heavy atom. The van der Waals surface area contributed by atoms with Crippen LogP contribution in [0.4, 0.5) is 10.1 Å². The topological polar surface area (TPSA) is 29.3 Å². The van der Waals surface area contributed by atoms with Crippen molar-refractivity contribution in [3.05, 3.63) is 65.0 Å². The maximum Gasteiger partial charge on any atom is 0.130 e. The van der Waals surface area contributed by atoms with Crippen molar-refractivity contribution in [3.63, 3.8) is 0 Å². The Morgan fingerprint density at radius 3 is 2.55 bits per heavy atom. The van der Waals surface area contributed by atoms with E-state index >= 15 is 0 Å². The van der Waals surface area contributed by atoms with E-state index in [1.165, 1.54) is 17.2 Å². The molecule has 0 radical (unpaired) electrons. The van der Waals surface area contributed by atoms with Gasteiger partial charge in [0.05, 0.1) is 0 Å². The second kappa shape index (κ2) is 6.06. The highest BCUT2D eigenvalue weighted by atomic mass is 19.1. The third-order valence-electron chi connectivity index (χ3n) is 3.40. The molecule has 0 unspecified atom stereocenters. The van der Waals surface area contributed by atoms with Crippen molar-refractivity contribution in [2.45, 2.75) is 26.4 Å². The highest BCUT2D eigenvalue weighted by molar-refractivity contribution is 5.55. The lowest BCUT2D eigenvalue weighted by atomic mass is 10.0. The summed E-state index contributed by atoms with van der Waals surface area (Å²) in [5, 5.41) is 0. The molecule has 2 rings (SSSR count). The average molecular weight is 272 g/mol. The zero-order valence-electron chi connectivity index (χ0n) is 12.2. The van der Waals surface area contributed by atoms with E-state index in [4.69, 9.17) is 5.73 Å². The van der Waals surface area contributed by atoms with E-state index < -0.39 is 0 Å². The van der Waals surface area contributed by atoms with Gasteiger partial charge in [-0.25, -0.2) is 4.39 Å². The van der Waals surface area contributed by atoms with Crippen molar-refractivity contribution in [3.8, 4) is 0 Å².